The van der Waals surface area contributed by atoms with Gasteiger partial charge in [-0.1, -0.05) is 55.1 Å². The number of rotatable bonds is 6. The van der Waals surface area contributed by atoms with E-state index in [1.54, 1.807) is 0 Å². The fourth-order valence-corrected chi connectivity index (χ4v) is 3.84. The van der Waals surface area contributed by atoms with Gasteiger partial charge in [0.15, 0.2) is 0 Å². The predicted octanol–water partition coefficient (Wildman–Crippen LogP) is 5.12. The molecule has 1 aromatic carbocycles. The summed E-state index contributed by atoms with van der Waals surface area (Å²) in [5.41, 5.74) is 2.62. The van der Waals surface area contributed by atoms with Crippen molar-refractivity contribution in [2.24, 2.45) is 11.8 Å². The van der Waals surface area contributed by atoms with Crippen LogP contribution in [0.1, 0.15) is 56.6 Å². The molecule has 0 N–H and O–H groups in total. The van der Waals surface area contributed by atoms with Gasteiger partial charge in [0.2, 0.25) is 0 Å². The van der Waals surface area contributed by atoms with Crippen LogP contribution >= 0.6 is 15.9 Å². The molecule has 0 bridgehead atoms. The zero-order chi connectivity index (χ0) is 13.8. The molecule has 2 heteroatoms. The van der Waals surface area contributed by atoms with E-state index in [4.69, 9.17) is 0 Å². The van der Waals surface area contributed by atoms with E-state index in [0.717, 1.165) is 16.8 Å². The van der Waals surface area contributed by atoms with Crippen molar-refractivity contribution in [1.29, 1.82) is 0 Å². The number of hydrogen-bond acceptors (Lipinski definition) is 1. The first-order valence-corrected chi connectivity index (χ1v) is 8.22. The van der Waals surface area contributed by atoms with E-state index in [-0.39, 0.29) is 5.92 Å². The third-order valence-electron chi connectivity index (χ3n) is 4.51. The second-order valence-corrected chi connectivity index (χ2v) is 6.68. The Kier molecular flexibility index (Phi) is 5.20. The number of aldehydes is 1. The van der Waals surface area contributed by atoms with Gasteiger partial charge in [0.25, 0.3) is 0 Å². The summed E-state index contributed by atoms with van der Waals surface area (Å²) < 4.78 is 1.08. The van der Waals surface area contributed by atoms with Crippen molar-refractivity contribution in [1.82, 2.24) is 0 Å². The highest BCUT2D eigenvalue weighted by atomic mass is 79.9. The van der Waals surface area contributed by atoms with Gasteiger partial charge in [0, 0.05) is 10.4 Å². The van der Waals surface area contributed by atoms with E-state index in [2.05, 4.69) is 48.0 Å². The van der Waals surface area contributed by atoms with E-state index >= 15 is 0 Å². The van der Waals surface area contributed by atoms with Crippen LogP contribution in [0, 0.1) is 11.8 Å². The van der Waals surface area contributed by atoms with Crippen molar-refractivity contribution in [3.8, 4) is 0 Å². The van der Waals surface area contributed by atoms with E-state index in [9.17, 15) is 4.79 Å². The van der Waals surface area contributed by atoms with Crippen LogP contribution in [-0.2, 0) is 11.2 Å². The molecular formula is C17H23BrO. The van der Waals surface area contributed by atoms with Crippen molar-refractivity contribution in [3.05, 3.63) is 33.8 Å². The molecule has 0 spiro atoms. The molecular weight excluding hydrogens is 300 g/mol. The van der Waals surface area contributed by atoms with Gasteiger partial charge in [0.1, 0.15) is 6.29 Å². The highest BCUT2D eigenvalue weighted by Crippen LogP contribution is 2.42. The molecule has 19 heavy (non-hydrogen) atoms. The largest absolute Gasteiger partial charge is 0.303 e. The van der Waals surface area contributed by atoms with Crippen LogP contribution < -0.4 is 0 Å². The molecule has 0 amide bonds. The average molecular weight is 323 g/mol. The number of benzene rings is 1. The fourth-order valence-electron chi connectivity index (χ4n) is 3.46. The molecule has 3 atom stereocenters. The van der Waals surface area contributed by atoms with Gasteiger partial charge in [0.05, 0.1) is 0 Å². The van der Waals surface area contributed by atoms with Gasteiger partial charge in [-0.05, 0) is 47.9 Å². The first kappa shape index (κ1) is 14.8. The quantitative estimate of drug-likeness (QED) is 0.664. The van der Waals surface area contributed by atoms with Crippen LogP contribution in [0.3, 0.4) is 0 Å². The Hall–Kier alpha value is -0.630. The molecule has 0 saturated heterocycles. The lowest BCUT2D eigenvalue weighted by Crippen LogP contribution is -2.14. The first-order chi connectivity index (χ1) is 9.19. The van der Waals surface area contributed by atoms with E-state index in [1.807, 2.05) is 0 Å². The van der Waals surface area contributed by atoms with Crippen molar-refractivity contribution in [2.75, 3.05) is 0 Å². The van der Waals surface area contributed by atoms with Crippen LogP contribution in [0.2, 0.25) is 0 Å². The summed E-state index contributed by atoms with van der Waals surface area (Å²) in [6.45, 7) is 4.52. The van der Waals surface area contributed by atoms with Gasteiger partial charge in [-0.3, -0.25) is 0 Å². The maximum absolute atomic E-state index is 11.5. The highest BCUT2D eigenvalue weighted by Gasteiger charge is 2.33. The summed E-state index contributed by atoms with van der Waals surface area (Å²) >= 11 is 3.51. The third-order valence-corrected chi connectivity index (χ3v) is 5.01. The number of carbonyl (C=O) groups excluding carboxylic acids is 1. The fraction of sp³-hybridized carbons (Fsp3) is 0.588. The van der Waals surface area contributed by atoms with Gasteiger partial charge in [-0.15, -0.1) is 0 Å². The van der Waals surface area contributed by atoms with Crippen LogP contribution in [0.5, 0.6) is 0 Å². The average Bonchev–Trinajstić information content (AvgIpc) is 2.74. The Morgan fingerprint density at radius 1 is 1.42 bits per heavy atom. The lowest BCUT2D eigenvalue weighted by atomic mass is 9.83. The van der Waals surface area contributed by atoms with Crippen LogP contribution in [0.15, 0.2) is 22.7 Å². The Balaban J connectivity index is 2.14. The van der Waals surface area contributed by atoms with Crippen molar-refractivity contribution in [2.45, 2.75) is 51.9 Å². The smallest absolute Gasteiger partial charge is 0.127 e. The summed E-state index contributed by atoms with van der Waals surface area (Å²) in [6.07, 6.45) is 7.21. The Morgan fingerprint density at radius 3 is 2.84 bits per heavy atom. The minimum absolute atomic E-state index is 0.110. The van der Waals surface area contributed by atoms with Crippen LogP contribution in [-0.4, -0.2) is 6.29 Å². The molecule has 1 aliphatic rings. The van der Waals surface area contributed by atoms with E-state index < -0.39 is 0 Å². The molecule has 1 nitrogen and oxygen atoms in total. The molecule has 0 saturated carbocycles. The molecule has 1 aromatic rings. The maximum atomic E-state index is 11.5. The molecule has 2 rings (SSSR count). The summed E-state index contributed by atoms with van der Waals surface area (Å²) in [4.78, 5) is 11.5. The van der Waals surface area contributed by atoms with Crippen molar-refractivity contribution in [3.63, 3.8) is 0 Å². The third kappa shape index (κ3) is 3.28. The van der Waals surface area contributed by atoms with Gasteiger partial charge >= 0.3 is 0 Å². The summed E-state index contributed by atoms with van der Waals surface area (Å²) in [5, 5.41) is 0. The first-order valence-electron chi connectivity index (χ1n) is 7.43. The zero-order valence-corrected chi connectivity index (χ0v) is 13.4. The molecule has 1 aliphatic carbocycles. The summed E-state index contributed by atoms with van der Waals surface area (Å²) in [7, 11) is 0. The standard InChI is InChI=1S/C17H23BrO/c1-3-5-12(4-2)8-14-9-13-6-7-15(18)10-16(13)17(14)11-19/h6-7,10-12,14,17H,3-5,8-9H2,1-2H3/t12-,14?,17?/m1/s1. The molecule has 0 aromatic heterocycles. The lowest BCUT2D eigenvalue weighted by Gasteiger charge is -2.21. The summed E-state index contributed by atoms with van der Waals surface area (Å²) in [6, 6.07) is 6.40. The van der Waals surface area contributed by atoms with Gasteiger partial charge in [-0.2, -0.15) is 0 Å². The number of halogens is 1. The Morgan fingerprint density at radius 2 is 2.21 bits per heavy atom. The number of hydrogen-bond donors (Lipinski definition) is 0. The van der Waals surface area contributed by atoms with Crippen molar-refractivity contribution < 1.29 is 4.79 Å². The lowest BCUT2D eigenvalue weighted by molar-refractivity contribution is -0.110. The van der Waals surface area contributed by atoms with Gasteiger partial charge < -0.3 is 4.79 Å². The Bertz CT molecular complexity index is 441. The predicted molar refractivity (Wildman–Crippen MR) is 83.4 cm³/mol. The maximum Gasteiger partial charge on any atom is 0.127 e. The zero-order valence-electron chi connectivity index (χ0n) is 11.9. The normalized spacial score (nSPS) is 23.1. The summed E-state index contributed by atoms with van der Waals surface area (Å²) in [5.74, 6) is 1.40. The molecule has 0 fully saturated rings. The minimum atomic E-state index is 0.110. The molecule has 2 unspecified atom stereocenters. The molecule has 0 aliphatic heterocycles. The topological polar surface area (TPSA) is 17.1 Å². The number of fused-ring (bicyclic) bond motifs is 1. The van der Waals surface area contributed by atoms with E-state index in [1.165, 1.54) is 43.1 Å². The number of carbonyl (C=O) groups is 1. The van der Waals surface area contributed by atoms with E-state index in [0.29, 0.717) is 5.92 Å². The SMILES string of the molecule is CCC[C@@H](CC)CC1Cc2ccc(Br)cc2C1C=O. The monoisotopic (exact) mass is 322 g/mol. The van der Waals surface area contributed by atoms with Crippen LogP contribution in [0.4, 0.5) is 0 Å². The van der Waals surface area contributed by atoms with Gasteiger partial charge in [-0.25, -0.2) is 0 Å². The molecule has 0 heterocycles. The minimum Gasteiger partial charge on any atom is -0.303 e. The van der Waals surface area contributed by atoms with Crippen LogP contribution in [0.25, 0.3) is 0 Å². The molecule has 0 radical (unpaired) electrons. The second kappa shape index (κ2) is 6.69. The molecule has 104 valence electrons. The highest BCUT2D eigenvalue weighted by molar-refractivity contribution is 9.10. The Labute approximate surface area is 124 Å². The van der Waals surface area contributed by atoms with Crippen molar-refractivity contribution >= 4 is 22.2 Å². The second-order valence-electron chi connectivity index (χ2n) is 5.77.